The van der Waals surface area contributed by atoms with Crippen molar-refractivity contribution in [3.05, 3.63) is 35.4 Å². The Kier molecular flexibility index (Phi) is 4.43. The molecular weight excluding hydrogens is 214 g/mol. The molecule has 1 rings (SSSR count). The summed E-state index contributed by atoms with van der Waals surface area (Å²) in [5, 5.41) is 12.7. The lowest BCUT2D eigenvalue weighted by Gasteiger charge is -2.17. The highest BCUT2D eigenvalue weighted by Gasteiger charge is 2.22. The summed E-state index contributed by atoms with van der Waals surface area (Å²) in [6.07, 6.45) is -0.529. The van der Waals surface area contributed by atoms with Crippen molar-refractivity contribution in [2.75, 3.05) is 13.6 Å². The predicted octanol–water partition coefficient (Wildman–Crippen LogP) is 2.17. The summed E-state index contributed by atoms with van der Waals surface area (Å²) in [6.45, 7) is 6.21. The zero-order valence-electron chi connectivity index (χ0n) is 10.9. The Labute approximate surface area is 103 Å². The van der Waals surface area contributed by atoms with Crippen LogP contribution < -0.4 is 5.32 Å². The van der Waals surface area contributed by atoms with E-state index >= 15 is 0 Å². The summed E-state index contributed by atoms with van der Waals surface area (Å²) in [5.74, 6) is 0.118. The molecule has 1 unspecified atom stereocenters. The van der Waals surface area contributed by atoms with Crippen molar-refractivity contribution in [1.29, 1.82) is 0 Å². The molecule has 0 aromatic heterocycles. The van der Waals surface area contributed by atoms with E-state index < -0.39 is 6.10 Å². The van der Waals surface area contributed by atoms with Gasteiger partial charge in [-0.25, -0.2) is 0 Å². The summed E-state index contributed by atoms with van der Waals surface area (Å²) in [4.78, 5) is 12.0. The lowest BCUT2D eigenvalue weighted by Crippen LogP contribution is -2.20. The van der Waals surface area contributed by atoms with Crippen LogP contribution in [0, 0.1) is 5.41 Å². The molecule has 0 aliphatic rings. The molecule has 1 aromatic rings. The fraction of sp³-hybridized carbons (Fsp3) is 0.500. The molecule has 0 amide bonds. The number of benzene rings is 1. The fourth-order valence-electron chi connectivity index (χ4n) is 1.60. The summed E-state index contributed by atoms with van der Waals surface area (Å²) in [7, 11) is 1.79. The van der Waals surface area contributed by atoms with Crippen LogP contribution in [0.1, 0.15) is 42.8 Å². The van der Waals surface area contributed by atoms with Gasteiger partial charge in [0.25, 0.3) is 0 Å². The molecule has 2 N–H and O–H groups in total. The van der Waals surface area contributed by atoms with Crippen molar-refractivity contribution in [3.8, 4) is 0 Å². The first kappa shape index (κ1) is 13.9. The van der Waals surface area contributed by atoms with E-state index in [9.17, 15) is 9.90 Å². The number of Topliss-reactive ketones (excluding diaryl/α,β-unsaturated/α-hetero) is 1. The zero-order valence-corrected chi connectivity index (χ0v) is 10.9. The molecule has 0 spiro atoms. The minimum atomic E-state index is -0.529. The maximum Gasteiger partial charge on any atom is 0.168 e. The number of carbonyl (C=O) groups is 1. The molecule has 3 nitrogen and oxygen atoms in total. The number of rotatable bonds is 4. The van der Waals surface area contributed by atoms with Crippen LogP contribution in [0.4, 0.5) is 0 Å². The number of likely N-dealkylation sites (N-methyl/N-ethyl adjacent to an activating group) is 1. The van der Waals surface area contributed by atoms with Gasteiger partial charge in [0.15, 0.2) is 5.78 Å². The molecule has 0 aliphatic heterocycles. The monoisotopic (exact) mass is 235 g/mol. The van der Waals surface area contributed by atoms with Gasteiger partial charge in [-0.3, -0.25) is 4.79 Å². The second kappa shape index (κ2) is 5.43. The van der Waals surface area contributed by atoms with E-state index in [-0.39, 0.29) is 11.2 Å². The number of hydrogen-bond acceptors (Lipinski definition) is 3. The lowest BCUT2D eigenvalue weighted by molar-refractivity contribution is 0.0858. The lowest BCUT2D eigenvalue weighted by atomic mass is 9.86. The van der Waals surface area contributed by atoms with Crippen molar-refractivity contribution >= 4 is 5.78 Å². The van der Waals surface area contributed by atoms with Crippen molar-refractivity contribution in [2.45, 2.75) is 26.9 Å². The van der Waals surface area contributed by atoms with Gasteiger partial charge in [-0.1, -0.05) is 45.0 Å². The Balaban J connectivity index is 2.85. The van der Waals surface area contributed by atoms with Gasteiger partial charge in [0.05, 0.1) is 6.10 Å². The topological polar surface area (TPSA) is 49.3 Å². The van der Waals surface area contributed by atoms with E-state index in [4.69, 9.17) is 0 Å². The molecule has 0 saturated heterocycles. The Bertz CT molecular complexity index is 376. The van der Waals surface area contributed by atoms with Crippen LogP contribution >= 0.6 is 0 Å². The Hall–Kier alpha value is -1.19. The van der Waals surface area contributed by atoms with Gasteiger partial charge in [0, 0.05) is 17.5 Å². The number of nitrogens with one attached hydrogen (secondary N) is 1. The molecule has 0 aliphatic carbocycles. The molecule has 1 aromatic carbocycles. The van der Waals surface area contributed by atoms with Gasteiger partial charge in [-0.2, -0.15) is 0 Å². The summed E-state index contributed by atoms with van der Waals surface area (Å²) in [5.41, 5.74) is 1.15. The molecule has 94 valence electrons. The minimum absolute atomic E-state index is 0.118. The average Bonchev–Trinajstić information content (AvgIpc) is 2.27. The normalized spacial score (nSPS) is 13.5. The van der Waals surface area contributed by atoms with E-state index in [1.54, 1.807) is 31.3 Å². The largest absolute Gasteiger partial charge is 0.387 e. The summed E-state index contributed by atoms with van der Waals surface area (Å²) >= 11 is 0. The van der Waals surface area contributed by atoms with Crippen LogP contribution in [-0.2, 0) is 0 Å². The Morgan fingerprint density at radius 1 is 1.29 bits per heavy atom. The molecule has 0 radical (unpaired) electrons. The zero-order chi connectivity index (χ0) is 13.1. The van der Waals surface area contributed by atoms with Crippen LogP contribution in [-0.4, -0.2) is 24.5 Å². The van der Waals surface area contributed by atoms with E-state index in [2.05, 4.69) is 5.32 Å². The molecule has 3 heteroatoms. The van der Waals surface area contributed by atoms with E-state index in [1.807, 2.05) is 20.8 Å². The van der Waals surface area contributed by atoms with Crippen LogP contribution in [0.3, 0.4) is 0 Å². The van der Waals surface area contributed by atoms with Crippen molar-refractivity contribution in [1.82, 2.24) is 5.32 Å². The number of carbonyl (C=O) groups excluding carboxylic acids is 1. The highest BCUT2D eigenvalue weighted by atomic mass is 16.3. The summed E-state index contributed by atoms with van der Waals surface area (Å²) < 4.78 is 0. The molecule has 17 heavy (non-hydrogen) atoms. The molecule has 1 atom stereocenters. The van der Waals surface area contributed by atoms with Gasteiger partial charge in [0.1, 0.15) is 0 Å². The van der Waals surface area contributed by atoms with Crippen molar-refractivity contribution in [3.63, 3.8) is 0 Å². The minimum Gasteiger partial charge on any atom is -0.387 e. The van der Waals surface area contributed by atoms with Gasteiger partial charge in [-0.15, -0.1) is 0 Å². The van der Waals surface area contributed by atoms with Crippen LogP contribution in [0.2, 0.25) is 0 Å². The molecule has 0 heterocycles. The first-order valence-electron chi connectivity index (χ1n) is 5.83. The quantitative estimate of drug-likeness (QED) is 0.786. The SMILES string of the molecule is CNCC(O)c1ccc(C(=O)C(C)(C)C)cc1. The average molecular weight is 235 g/mol. The highest BCUT2D eigenvalue weighted by molar-refractivity contribution is 5.99. The van der Waals surface area contributed by atoms with Crippen LogP contribution in [0.15, 0.2) is 24.3 Å². The number of aliphatic hydroxyl groups is 1. The van der Waals surface area contributed by atoms with E-state index in [1.165, 1.54) is 0 Å². The predicted molar refractivity (Wildman–Crippen MR) is 69.1 cm³/mol. The third-order valence-corrected chi connectivity index (χ3v) is 2.64. The van der Waals surface area contributed by atoms with Gasteiger partial charge in [0.2, 0.25) is 0 Å². The van der Waals surface area contributed by atoms with Crippen LogP contribution in [0.5, 0.6) is 0 Å². The highest BCUT2D eigenvalue weighted by Crippen LogP contribution is 2.22. The first-order valence-corrected chi connectivity index (χ1v) is 5.83. The Morgan fingerprint density at radius 3 is 2.24 bits per heavy atom. The molecule has 0 bridgehead atoms. The van der Waals surface area contributed by atoms with Crippen molar-refractivity contribution < 1.29 is 9.90 Å². The maximum absolute atomic E-state index is 12.0. The standard InChI is InChI=1S/C14H21NO2/c1-14(2,3)13(17)11-7-5-10(6-8-11)12(16)9-15-4/h5-8,12,15-16H,9H2,1-4H3. The second-order valence-corrected chi connectivity index (χ2v) is 5.27. The molecule has 0 fully saturated rings. The van der Waals surface area contributed by atoms with Gasteiger partial charge in [-0.05, 0) is 12.6 Å². The second-order valence-electron chi connectivity index (χ2n) is 5.27. The number of aliphatic hydroxyl groups excluding tert-OH is 1. The maximum atomic E-state index is 12.0. The number of ketones is 1. The first-order chi connectivity index (χ1) is 7.86. The third-order valence-electron chi connectivity index (χ3n) is 2.64. The third kappa shape index (κ3) is 3.65. The van der Waals surface area contributed by atoms with Gasteiger partial charge >= 0.3 is 0 Å². The molecule has 0 saturated carbocycles. The smallest absolute Gasteiger partial charge is 0.168 e. The van der Waals surface area contributed by atoms with Gasteiger partial charge < -0.3 is 10.4 Å². The molecular formula is C14H21NO2. The number of hydrogen-bond donors (Lipinski definition) is 2. The van der Waals surface area contributed by atoms with Crippen LogP contribution in [0.25, 0.3) is 0 Å². The Morgan fingerprint density at radius 2 is 1.82 bits per heavy atom. The van der Waals surface area contributed by atoms with E-state index in [0.717, 1.165) is 5.56 Å². The fourth-order valence-corrected chi connectivity index (χ4v) is 1.60. The van der Waals surface area contributed by atoms with Crippen molar-refractivity contribution in [2.24, 2.45) is 5.41 Å². The van der Waals surface area contributed by atoms with E-state index in [0.29, 0.717) is 12.1 Å². The summed E-state index contributed by atoms with van der Waals surface area (Å²) in [6, 6.07) is 7.17.